The summed E-state index contributed by atoms with van der Waals surface area (Å²) in [6.07, 6.45) is 5.15. The summed E-state index contributed by atoms with van der Waals surface area (Å²) in [7, 11) is 0. The van der Waals surface area contributed by atoms with Gasteiger partial charge < -0.3 is 35.1 Å². The number of aromatic nitrogens is 5. The number of hydrogen-bond acceptors (Lipinski definition) is 13. The summed E-state index contributed by atoms with van der Waals surface area (Å²) in [5, 5.41) is 15.5. The van der Waals surface area contributed by atoms with Crippen LogP contribution >= 0.6 is 11.3 Å². The van der Waals surface area contributed by atoms with Gasteiger partial charge in [0.05, 0.1) is 58.8 Å². The van der Waals surface area contributed by atoms with E-state index in [0.717, 1.165) is 114 Å². The number of pyridine rings is 1. The lowest BCUT2D eigenvalue weighted by atomic mass is 9.85. The Morgan fingerprint density at radius 2 is 1.57 bits per heavy atom. The fourth-order valence-electron chi connectivity index (χ4n) is 11.9. The average Bonchev–Trinajstić information content (AvgIpc) is 4.51. The van der Waals surface area contributed by atoms with Crippen LogP contribution in [-0.4, -0.2) is 166 Å². The number of imidazole rings is 1. The number of rotatable bonds is 16. The number of carbonyl (C=O) groups excluding carboxylic acids is 3. The Morgan fingerprint density at radius 3 is 2.24 bits per heavy atom. The highest BCUT2D eigenvalue weighted by Crippen LogP contribution is 2.37. The van der Waals surface area contributed by atoms with Crippen molar-refractivity contribution in [2.75, 3.05) is 81.3 Å². The number of aromatic amines is 2. The number of halogens is 3. The molecule has 0 bridgehead atoms. The third-order valence-corrected chi connectivity index (χ3v) is 18.1. The molecule has 0 aliphatic carbocycles. The van der Waals surface area contributed by atoms with Gasteiger partial charge in [0.25, 0.3) is 11.3 Å². The van der Waals surface area contributed by atoms with Crippen LogP contribution in [0.5, 0.6) is 0 Å². The number of β-amino-alcohol motifs (C(OH)–C–C–N with tert-alkyl or cyclic N) is 1. The van der Waals surface area contributed by atoms with Crippen molar-refractivity contribution >= 4 is 62.6 Å². The molecule has 11 rings (SSSR count). The molecule has 82 heavy (non-hydrogen) atoms. The van der Waals surface area contributed by atoms with Gasteiger partial charge >= 0.3 is 0 Å². The number of hydrazine groups is 1. The van der Waals surface area contributed by atoms with Crippen LogP contribution in [0.4, 0.5) is 24.5 Å². The largest absolute Gasteiger partial charge is 0.391 e. The molecule has 8 heterocycles. The van der Waals surface area contributed by atoms with Crippen molar-refractivity contribution in [3.63, 3.8) is 0 Å². The van der Waals surface area contributed by atoms with Gasteiger partial charge in [0, 0.05) is 99.9 Å². The summed E-state index contributed by atoms with van der Waals surface area (Å²) in [4.78, 5) is 71.8. The van der Waals surface area contributed by atoms with Gasteiger partial charge in [-0.05, 0) is 84.5 Å². The van der Waals surface area contributed by atoms with Gasteiger partial charge in [0.2, 0.25) is 17.6 Å². The molecule has 0 saturated carbocycles. The average molecular weight is 1160 g/mol. The smallest absolute Gasteiger partial charge is 0.277 e. The van der Waals surface area contributed by atoms with E-state index >= 15 is 8.78 Å². The molecule has 18 nitrogen and oxygen atoms in total. The number of aliphatic hydroxyl groups is 1. The van der Waals surface area contributed by atoms with Gasteiger partial charge in [-0.25, -0.2) is 37.3 Å². The number of fused-ring (bicyclic) bond motifs is 1. The molecule has 1 unspecified atom stereocenters. The second-order valence-electron chi connectivity index (χ2n) is 23.1. The molecule has 23 heteroatoms. The summed E-state index contributed by atoms with van der Waals surface area (Å²) in [5.74, 6) is -2.84. The molecule has 2 amide bonds. The molecule has 4 aromatic heterocycles. The number of likely N-dealkylation sites (tertiary alicyclic amines) is 1. The van der Waals surface area contributed by atoms with E-state index in [9.17, 15) is 32.6 Å². The highest BCUT2D eigenvalue weighted by molar-refractivity contribution is 7.80. The lowest BCUT2D eigenvalue weighted by Crippen LogP contribution is -2.57. The van der Waals surface area contributed by atoms with Crippen molar-refractivity contribution < 1.29 is 41.4 Å². The normalized spacial score (nSPS) is 20.4. The highest BCUT2D eigenvalue weighted by atomic mass is 32.2. The lowest BCUT2D eigenvalue weighted by molar-refractivity contribution is -0.141. The predicted octanol–water partition coefficient (Wildman–Crippen LogP) is 8.16. The van der Waals surface area contributed by atoms with Gasteiger partial charge in [0.15, 0.2) is 5.82 Å². The monoisotopic (exact) mass is 1160 g/mol. The molecule has 4 saturated heterocycles. The molecule has 0 radical (unpaired) electrons. The molecule has 3 aromatic carbocycles. The molecule has 4 aliphatic rings. The lowest BCUT2D eigenvalue weighted by Gasteiger charge is -2.39. The minimum absolute atomic E-state index is 0.0298. The Bertz CT molecular complexity index is 3480. The van der Waals surface area contributed by atoms with Crippen LogP contribution in [0.15, 0.2) is 90.8 Å². The van der Waals surface area contributed by atoms with Gasteiger partial charge in [0.1, 0.15) is 35.2 Å². The number of aliphatic hydroxyl groups excluding tert-OH is 1. The van der Waals surface area contributed by atoms with Gasteiger partial charge in [-0.2, -0.15) is 4.41 Å². The second-order valence-corrected chi connectivity index (χ2v) is 24.7. The number of nitrogens with one attached hydrogen (secondary N) is 3. The van der Waals surface area contributed by atoms with Crippen LogP contribution in [0.1, 0.15) is 79.9 Å². The molecule has 7 aromatic rings. The number of thiazole rings is 1. The highest BCUT2D eigenvalue weighted by Gasteiger charge is 2.44. The van der Waals surface area contributed by atoms with Crippen LogP contribution < -0.4 is 14.6 Å². The molecule has 4 aliphatic heterocycles. The number of piperidine rings is 1. The van der Waals surface area contributed by atoms with E-state index in [2.05, 4.69) is 57.1 Å². The van der Waals surface area contributed by atoms with Gasteiger partial charge in [-0.15, -0.1) is 11.3 Å². The predicted molar refractivity (Wildman–Crippen MR) is 310 cm³/mol. The molecular formula is C59H67F3N12O6S2. The van der Waals surface area contributed by atoms with Gasteiger partial charge in [-0.3, -0.25) is 23.8 Å². The van der Waals surface area contributed by atoms with E-state index in [4.69, 9.17) is 0 Å². The van der Waals surface area contributed by atoms with Crippen molar-refractivity contribution in [1.29, 1.82) is 0 Å². The number of amides is 2. The van der Waals surface area contributed by atoms with E-state index in [1.807, 2.05) is 69.6 Å². The van der Waals surface area contributed by atoms with Crippen LogP contribution in [-0.2, 0) is 20.9 Å². The van der Waals surface area contributed by atoms with Crippen LogP contribution in [0.3, 0.4) is 0 Å². The van der Waals surface area contributed by atoms with E-state index in [-0.39, 0.29) is 50.0 Å². The van der Waals surface area contributed by atoms with E-state index < -0.39 is 69.7 Å². The Morgan fingerprint density at radius 1 is 0.866 bits per heavy atom. The SMILES string of the molecule is Cc1ncsc1-c1ccc(-c2cnc([C@@H]3C[C@@H](O)CN3C(=O)[C@@H](NC(=O)CN3CCN(CC4CCN(c5ccc(-c6cnc7[nH]cc(C(=O)c8c(F)ccc(N(N9CC[C@@H](F)C9)S(=O)O)c8F)c7c6)cc5)CC4)CC3)C(C)(C)C)[nH]2)cc1. The molecule has 0 spiro atoms. The molecule has 5 atom stereocenters. The van der Waals surface area contributed by atoms with E-state index in [0.29, 0.717) is 39.2 Å². The Labute approximate surface area is 480 Å². The van der Waals surface area contributed by atoms with E-state index in [1.54, 1.807) is 34.7 Å². The van der Waals surface area contributed by atoms with E-state index in [1.165, 1.54) is 6.20 Å². The molecule has 5 N–H and O–H groups in total. The number of anilines is 2. The number of alkyl halides is 1. The van der Waals surface area contributed by atoms with Crippen LogP contribution in [0.25, 0.3) is 43.9 Å². The van der Waals surface area contributed by atoms with Crippen molar-refractivity contribution in [2.45, 2.75) is 77.7 Å². The topological polar surface area (TPSA) is 210 Å². The molecular weight excluding hydrogens is 1090 g/mol. The minimum Gasteiger partial charge on any atom is -0.391 e. The third-order valence-electron chi connectivity index (χ3n) is 16.4. The third kappa shape index (κ3) is 12.0. The van der Waals surface area contributed by atoms with Crippen molar-refractivity contribution in [2.24, 2.45) is 11.3 Å². The van der Waals surface area contributed by atoms with Gasteiger partial charge in [-0.1, -0.05) is 57.2 Å². The quantitative estimate of drug-likeness (QED) is 0.0458. The first-order valence-electron chi connectivity index (χ1n) is 27.8. The Balaban J connectivity index is 0.652. The number of hydrogen-bond donors (Lipinski definition) is 5. The number of carbonyl (C=O) groups is 3. The molecule has 4 fully saturated rings. The maximum absolute atomic E-state index is 16.1. The maximum atomic E-state index is 16.1. The van der Waals surface area contributed by atoms with Crippen molar-refractivity contribution in [1.82, 2.24) is 49.9 Å². The van der Waals surface area contributed by atoms with Crippen LogP contribution in [0.2, 0.25) is 0 Å². The number of aryl methyl sites for hydroxylation is 1. The number of piperazine rings is 1. The Kier molecular flexibility index (Phi) is 16.5. The first-order chi connectivity index (χ1) is 39.4. The maximum Gasteiger partial charge on any atom is 0.277 e. The zero-order chi connectivity index (χ0) is 57.6. The summed E-state index contributed by atoms with van der Waals surface area (Å²) >= 11 is -1.23. The second kappa shape index (κ2) is 23.8. The summed E-state index contributed by atoms with van der Waals surface area (Å²) in [6, 6.07) is 18.5. The number of ketones is 1. The zero-order valence-electron chi connectivity index (χ0n) is 46.2. The summed E-state index contributed by atoms with van der Waals surface area (Å²) in [6.45, 7) is 13.8. The fraction of sp³-hybridized carbons (Fsp3) is 0.424. The van der Waals surface area contributed by atoms with Crippen molar-refractivity contribution in [3.8, 4) is 32.8 Å². The number of benzene rings is 3. The summed E-state index contributed by atoms with van der Waals surface area (Å²) in [5.41, 5.74) is 6.48. The Hall–Kier alpha value is -6.86. The fourth-order valence-corrected chi connectivity index (χ4v) is 13.4. The van der Waals surface area contributed by atoms with Crippen molar-refractivity contribution in [3.05, 3.63) is 125 Å². The summed E-state index contributed by atoms with van der Waals surface area (Å²) < 4.78 is 68.5. The number of H-pyrrole nitrogens is 2. The zero-order valence-corrected chi connectivity index (χ0v) is 47.8. The minimum atomic E-state index is -2.83. The molecule has 432 valence electrons. The number of nitrogens with zero attached hydrogens (tertiary/aromatic N) is 9. The first-order valence-corrected chi connectivity index (χ1v) is 29.7. The standard InChI is InChI=1S/C59H67F3N12O6S2/c1-35-54(81-34-66-35)39-7-5-38(6-8-39)47-29-65-57(67-47)49-26-43(75)32-73(49)58(78)55(59(2,3)4)68-50(76)33-70-23-21-69(22-24-70)30-36-15-18-71(19-16-36)42-11-9-37(10-12-42)40-25-44-45(28-64-56(44)63-27-40)53(77)51-46(61)13-14-48(52(51)62)74(82(79)80)72-20-17-41(60)31-72/h5-14,25,27-29,34,36,41,43,49,55,75H,15-24,26,30-33H2,1-4H3,(H,63,64)(H,65,67)(H,68,76)(H,79,80)/t41-,43-,49+,55-/m1/s1. The van der Waals surface area contributed by atoms with Crippen LogP contribution in [0, 0.1) is 29.9 Å². The first kappa shape index (κ1) is 57.0.